The van der Waals surface area contributed by atoms with Crippen molar-refractivity contribution in [1.29, 1.82) is 0 Å². The van der Waals surface area contributed by atoms with Gasteiger partial charge in [-0.25, -0.2) is 4.98 Å². The van der Waals surface area contributed by atoms with E-state index in [-0.39, 0.29) is 0 Å². The summed E-state index contributed by atoms with van der Waals surface area (Å²) in [4.78, 5) is 15.1. The summed E-state index contributed by atoms with van der Waals surface area (Å²) in [6.45, 7) is 0.744. The van der Waals surface area contributed by atoms with Gasteiger partial charge in [-0.2, -0.15) is 0 Å². The largest absolute Gasteiger partial charge is 0.385 e. The molecule has 2 heterocycles. The van der Waals surface area contributed by atoms with Crippen LogP contribution in [0.1, 0.15) is 22.5 Å². The van der Waals surface area contributed by atoms with E-state index in [9.17, 15) is 4.79 Å². The molecule has 0 aliphatic rings. The summed E-state index contributed by atoms with van der Waals surface area (Å²) >= 11 is 0. The van der Waals surface area contributed by atoms with E-state index < -0.39 is 0 Å². The number of fused-ring (bicyclic) bond motifs is 1. The maximum atomic E-state index is 10.6. The van der Waals surface area contributed by atoms with Gasteiger partial charge in [0.1, 0.15) is 5.65 Å². The molecule has 4 nitrogen and oxygen atoms in total. The Bertz CT molecular complexity index is 491. The predicted molar refractivity (Wildman–Crippen MR) is 60.8 cm³/mol. The minimum atomic E-state index is 0.661. The van der Waals surface area contributed by atoms with Crippen LogP contribution in [0.25, 0.3) is 5.65 Å². The van der Waals surface area contributed by atoms with Crippen LogP contribution in [-0.2, 0) is 11.2 Å². The standard InChI is InChI=1S/C12H14N2O2/c1-16-6-2-3-11-8-14-7-10(9-15)4-5-12(14)13-11/h4-5,7-9H,2-3,6H2,1H3. The Balaban J connectivity index is 2.19. The molecular weight excluding hydrogens is 204 g/mol. The van der Waals surface area contributed by atoms with Gasteiger partial charge >= 0.3 is 0 Å². The summed E-state index contributed by atoms with van der Waals surface area (Å²) in [6.07, 6.45) is 6.43. The van der Waals surface area contributed by atoms with Crippen molar-refractivity contribution < 1.29 is 9.53 Å². The Morgan fingerprint density at radius 3 is 3.06 bits per heavy atom. The van der Waals surface area contributed by atoms with Gasteiger partial charge in [0.25, 0.3) is 0 Å². The molecule has 84 valence electrons. The number of carbonyl (C=O) groups excluding carboxylic acids is 1. The topological polar surface area (TPSA) is 43.6 Å². The highest BCUT2D eigenvalue weighted by Gasteiger charge is 2.01. The van der Waals surface area contributed by atoms with Gasteiger partial charge in [0.15, 0.2) is 6.29 Å². The highest BCUT2D eigenvalue weighted by molar-refractivity contribution is 5.74. The Morgan fingerprint density at radius 2 is 2.31 bits per heavy atom. The van der Waals surface area contributed by atoms with E-state index in [0.29, 0.717) is 5.56 Å². The molecule has 0 aromatic carbocycles. The summed E-state index contributed by atoms with van der Waals surface area (Å²) < 4.78 is 6.87. The average molecular weight is 218 g/mol. The Labute approximate surface area is 93.9 Å². The van der Waals surface area contributed by atoms with E-state index >= 15 is 0 Å². The first-order valence-corrected chi connectivity index (χ1v) is 5.25. The summed E-state index contributed by atoms with van der Waals surface area (Å²) in [5, 5.41) is 0. The van der Waals surface area contributed by atoms with Gasteiger partial charge in [0.05, 0.1) is 5.69 Å². The zero-order valence-corrected chi connectivity index (χ0v) is 9.22. The maximum absolute atomic E-state index is 10.6. The van der Waals surface area contributed by atoms with Crippen LogP contribution >= 0.6 is 0 Å². The van der Waals surface area contributed by atoms with Crippen LogP contribution in [0.3, 0.4) is 0 Å². The fourth-order valence-electron chi connectivity index (χ4n) is 1.65. The minimum Gasteiger partial charge on any atom is -0.385 e. The Kier molecular flexibility index (Phi) is 3.31. The van der Waals surface area contributed by atoms with Crippen LogP contribution in [0.5, 0.6) is 0 Å². The monoisotopic (exact) mass is 218 g/mol. The molecule has 2 aromatic rings. The number of ether oxygens (including phenoxy) is 1. The van der Waals surface area contributed by atoms with Crippen molar-refractivity contribution in [2.45, 2.75) is 12.8 Å². The molecule has 0 amide bonds. The zero-order valence-electron chi connectivity index (χ0n) is 9.22. The van der Waals surface area contributed by atoms with Crippen LogP contribution in [0.2, 0.25) is 0 Å². The summed E-state index contributed by atoms with van der Waals surface area (Å²) in [5.74, 6) is 0. The van der Waals surface area contributed by atoms with Gasteiger partial charge in [-0.3, -0.25) is 4.79 Å². The lowest BCUT2D eigenvalue weighted by atomic mass is 10.3. The number of pyridine rings is 1. The molecule has 0 N–H and O–H groups in total. The summed E-state index contributed by atoms with van der Waals surface area (Å²) in [7, 11) is 1.69. The highest BCUT2D eigenvalue weighted by atomic mass is 16.5. The van der Waals surface area contributed by atoms with E-state index in [1.807, 2.05) is 16.7 Å². The van der Waals surface area contributed by atoms with Crippen LogP contribution in [0, 0.1) is 0 Å². The molecule has 0 aliphatic heterocycles. The second-order valence-corrected chi connectivity index (χ2v) is 3.67. The quantitative estimate of drug-likeness (QED) is 0.567. The molecule has 0 radical (unpaired) electrons. The lowest BCUT2D eigenvalue weighted by Crippen LogP contribution is -1.92. The Morgan fingerprint density at radius 1 is 1.44 bits per heavy atom. The lowest BCUT2D eigenvalue weighted by molar-refractivity contribution is 0.112. The summed E-state index contributed by atoms with van der Waals surface area (Å²) in [6, 6.07) is 3.62. The van der Waals surface area contributed by atoms with E-state index in [1.54, 1.807) is 19.4 Å². The molecule has 0 spiro atoms. The number of carbonyl (C=O) groups is 1. The van der Waals surface area contributed by atoms with Crippen molar-refractivity contribution in [3.8, 4) is 0 Å². The van der Waals surface area contributed by atoms with Crippen LogP contribution in [0.4, 0.5) is 0 Å². The Hall–Kier alpha value is -1.68. The predicted octanol–water partition coefficient (Wildman–Crippen LogP) is 1.73. The third-order valence-electron chi connectivity index (χ3n) is 2.44. The number of aldehydes is 1. The summed E-state index contributed by atoms with van der Waals surface area (Å²) in [5.41, 5.74) is 2.56. The van der Waals surface area contributed by atoms with E-state index in [2.05, 4.69) is 4.98 Å². The fraction of sp³-hybridized carbons (Fsp3) is 0.333. The molecule has 0 unspecified atom stereocenters. The molecule has 0 saturated carbocycles. The van der Waals surface area contributed by atoms with Gasteiger partial charge < -0.3 is 9.14 Å². The molecular formula is C12H14N2O2. The zero-order chi connectivity index (χ0) is 11.4. The number of hydrogen-bond donors (Lipinski definition) is 0. The first kappa shape index (κ1) is 10.8. The first-order valence-electron chi connectivity index (χ1n) is 5.25. The number of rotatable bonds is 5. The fourth-order valence-corrected chi connectivity index (χ4v) is 1.65. The first-order chi connectivity index (χ1) is 7.83. The number of hydrogen-bond acceptors (Lipinski definition) is 3. The molecule has 4 heteroatoms. The molecule has 0 atom stereocenters. The molecule has 2 aromatic heterocycles. The molecule has 0 bridgehead atoms. The third kappa shape index (κ3) is 2.28. The second kappa shape index (κ2) is 4.90. The smallest absolute Gasteiger partial charge is 0.151 e. The van der Waals surface area contributed by atoms with Gasteiger partial charge in [-0.1, -0.05) is 0 Å². The number of imidazole rings is 1. The van der Waals surface area contributed by atoms with Crippen molar-refractivity contribution in [3.63, 3.8) is 0 Å². The average Bonchev–Trinajstić information content (AvgIpc) is 2.70. The van der Waals surface area contributed by atoms with E-state index in [4.69, 9.17) is 4.74 Å². The number of nitrogens with zero attached hydrogens (tertiary/aromatic N) is 2. The van der Waals surface area contributed by atoms with E-state index in [1.165, 1.54) is 0 Å². The SMILES string of the molecule is COCCCc1cn2cc(C=O)ccc2n1. The normalized spacial score (nSPS) is 10.8. The van der Waals surface area contributed by atoms with Crippen molar-refractivity contribution in [2.24, 2.45) is 0 Å². The van der Waals surface area contributed by atoms with Gasteiger partial charge in [-0.15, -0.1) is 0 Å². The lowest BCUT2D eigenvalue weighted by Gasteiger charge is -1.94. The number of aromatic nitrogens is 2. The van der Waals surface area contributed by atoms with Gasteiger partial charge in [0.2, 0.25) is 0 Å². The van der Waals surface area contributed by atoms with Gasteiger partial charge in [0, 0.05) is 31.7 Å². The molecule has 0 fully saturated rings. The van der Waals surface area contributed by atoms with Crippen LogP contribution in [-0.4, -0.2) is 29.4 Å². The van der Waals surface area contributed by atoms with Crippen LogP contribution < -0.4 is 0 Å². The van der Waals surface area contributed by atoms with Crippen molar-refractivity contribution in [1.82, 2.24) is 9.38 Å². The van der Waals surface area contributed by atoms with Crippen LogP contribution in [0.15, 0.2) is 24.5 Å². The highest BCUT2D eigenvalue weighted by Crippen LogP contribution is 2.08. The number of aryl methyl sites for hydroxylation is 1. The van der Waals surface area contributed by atoms with Crippen molar-refractivity contribution in [2.75, 3.05) is 13.7 Å². The third-order valence-corrected chi connectivity index (χ3v) is 2.44. The molecule has 2 rings (SSSR count). The van der Waals surface area contributed by atoms with Crippen molar-refractivity contribution in [3.05, 3.63) is 35.8 Å². The number of methoxy groups -OCH3 is 1. The molecule has 16 heavy (non-hydrogen) atoms. The molecule has 0 aliphatic carbocycles. The van der Waals surface area contributed by atoms with E-state index in [0.717, 1.165) is 37.1 Å². The second-order valence-electron chi connectivity index (χ2n) is 3.67. The van der Waals surface area contributed by atoms with Gasteiger partial charge in [-0.05, 0) is 25.0 Å². The van der Waals surface area contributed by atoms with Crippen molar-refractivity contribution >= 4 is 11.9 Å². The maximum Gasteiger partial charge on any atom is 0.151 e. The molecule has 0 saturated heterocycles. The minimum absolute atomic E-state index is 0.661.